The molecule has 1 radical (unpaired) electrons. The van der Waals surface area contributed by atoms with Crippen LogP contribution in [0.3, 0.4) is 0 Å². The Labute approximate surface area is 89.9 Å². The number of rotatable bonds is 1. The first-order valence-corrected chi connectivity index (χ1v) is 5.42. The molecule has 1 fully saturated rings. The Kier molecular flexibility index (Phi) is 3.25. The van der Waals surface area contributed by atoms with E-state index in [1.807, 2.05) is 12.3 Å². The lowest BCUT2D eigenvalue weighted by Crippen LogP contribution is -2.24. The maximum absolute atomic E-state index is 6.12. The zero-order valence-electron chi connectivity index (χ0n) is 8.12. The van der Waals surface area contributed by atoms with E-state index in [9.17, 15) is 0 Å². The molecule has 0 saturated carbocycles. The van der Waals surface area contributed by atoms with Crippen molar-refractivity contribution in [2.75, 3.05) is 18.0 Å². The molecule has 0 atom stereocenters. The van der Waals surface area contributed by atoms with Crippen LogP contribution < -0.4 is 4.90 Å². The van der Waals surface area contributed by atoms with Crippen LogP contribution in [-0.4, -0.2) is 18.1 Å². The summed E-state index contributed by atoms with van der Waals surface area (Å²) in [6, 6.07) is 1.85. The van der Waals surface area contributed by atoms with Crippen LogP contribution in [0.4, 0.5) is 5.69 Å². The number of aromatic nitrogens is 1. The van der Waals surface area contributed by atoms with Crippen molar-refractivity contribution in [3.63, 3.8) is 0 Å². The number of hydrogen-bond acceptors (Lipinski definition) is 2. The molecule has 0 aliphatic carbocycles. The van der Waals surface area contributed by atoms with Crippen molar-refractivity contribution in [1.82, 2.24) is 4.98 Å². The highest BCUT2D eigenvalue weighted by Crippen LogP contribution is 2.25. The van der Waals surface area contributed by atoms with Gasteiger partial charge in [-0.05, 0) is 25.3 Å². The molecule has 75 valence electrons. The molecule has 0 amide bonds. The Bertz CT molecular complexity index is 293. The fraction of sp³-hybridized carbons (Fsp3) is 0.455. The number of pyridine rings is 1. The molecular formula is C11H14ClN2. The molecule has 0 aromatic carbocycles. The number of halogens is 1. The predicted octanol–water partition coefficient (Wildman–Crippen LogP) is 2.93. The fourth-order valence-corrected chi connectivity index (χ4v) is 1.98. The topological polar surface area (TPSA) is 16.1 Å². The summed E-state index contributed by atoms with van der Waals surface area (Å²) < 4.78 is 0. The minimum atomic E-state index is 0.801. The molecule has 2 rings (SSSR count). The average Bonchev–Trinajstić information content (AvgIpc) is 2.47. The average molecular weight is 210 g/mol. The molecule has 0 spiro atoms. The Balaban J connectivity index is 2.16. The molecule has 1 saturated heterocycles. The van der Waals surface area contributed by atoms with Crippen LogP contribution in [0.2, 0.25) is 5.02 Å². The van der Waals surface area contributed by atoms with Gasteiger partial charge in [-0.25, -0.2) is 0 Å². The molecule has 1 aromatic heterocycles. The molecule has 0 bridgehead atoms. The second-order valence-corrected chi connectivity index (χ2v) is 3.96. The Morgan fingerprint density at radius 3 is 3.14 bits per heavy atom. The van der Waals surface area contributed by atoms with Gasteiger partial charge in [0.05, 0.1) is 16.9 Å². The van der Waals surface area contributed by atoms with Gasteiger partial charge in [-0.2, -0.15) is 0 Å². The highest BCUT2D eigenvalue weighted by Gasteiger charge is 2.12. The number of hydrogen-bond donors (Lipinski definition) is 0. The summed E-state index contributed by atoms with van der Waals surface area (Å²) in [6.07, 6.45) is 9.63. The zero-order chi connectivity index (χ0) is 9.80. The van der Waals surface area contributed by atoms with E-state index >= 15 is 0 Å². The van der Waals surface area contributed by atoms with E-state index in [4.69, 9.17) is 11.6 Å². The van der Waals surface area contributed by atoms with Gasteiger partial charge in [0.2, 0.25) is 0 Å². The Morgan fingerprint density at radius 2 is 2.29 bits per heavy atom. The van der Waals surface area contributed by atoms with Crippen LogP contribution in [0.5, 0.6) is 0 Å². The van der Waals surface area contributed by atoms with Gasteiger partial charge in [-0.3, -0.25) is 4.98 Å². The van der Waals surface area contributed by atoms with E-state index in [-0.39, 0.29) is 0 Å². The van der Waals surface area contributed by atoms with E-state index in [1.165, 1.54) is 19.3 Å². The molecular weight excluding hydrogens is 196 g/mol. The minimum Gasteiger partial charge on any atom is -0.369 e. The standard InChI is InChI=1S/C11H14ClN2/c12-10-5-6-13-9-11(10)14-7-3-1-2-4-8-14/h3,5-6,9H,1-2,4,7-8H2. The Morgan fingerprint density at radius 1 is 1.36 bits per heavy atom. The van der Waals surface area contributed by atoms with Gasteiger partial charge in [0.15, 0.2) is 0 Å². The third-order valence-electron chi connectivity index (χ3n) is 2.52. The van der Waals surface area contributed by atoms with Crippen LogP contribution in [-0.2, 0) is 0 Å². The lowest BCUT2D eigenvalue weighted by atomic mass is 10.2. The van der Waals surface area contributed by atoms with Gasteiger partial charge in [-0.15, -0.1) is 0 Å². The maximum atomic E-state index is 6.12. The second-order valence-electron chi connectivity index (χ2n) is 3.56. The van der Waals surface area contributed by atoms with E-state index in [0.29, 0.717) is 0 Å². The molecule has 2 heterocycles. The quantitative estimate of drug-likeness (QED) is 0.707. The smallest absolute Gasteiger partial charge is 0.0742 e. The summed E-state index contributed by atoms with van der Waals surface area (Å²) in [4.78, 5) is 6.41. The summed E-state index contributed by atoms with van der Waals surface area (Å²) in [7, 11) is 0. The van der Waals surface area contributed by atoms with Crippen LogP contribution in [0, 0.1) is 6.42 Å². The normalized spacial score (nSPS) is 17.9. The number of anilines is 1. The predicted molar refractivity (Wildman–Crippen MR) is 59.6 cm³/mol. The molecule has 1 aliphatic rings. The summed E-state index contributed by atoms with van der Waals surface area (Å²) in [5, 5.41) is 0.801. The highest BCUT2D eigenvalue weighted by molar-refractivity contribution is 6.33. The van der Waals surface area contributed by atoms with Gasteiger partial charge in [-0.1, -0.05) is 18.0 Å². The van der Waals surface area contributed by atoms with Crippen molar-refractivity contribution < 1.29 is 0 Å². The first-order valence-electron chi connectivity index (χ1n) is 5.04. The SMILES string of the molecule is Clc1ccncc1N1C[CH]CCCC1. The van der Waals surface area contributed by atoms with Crippen molar-refractivity contribution in [1.29, 1.82) is 0 Å². The fourth-order valence-electron chi connectivity index (χ4n) is 1.75. The second kappa shape index (κ2) is 4.65. The lowest BCUT2D eigenvalue weighted by Gasteiger charge is -2.22. The summed E-state index contributed by atoms with van der Waals surface area (Å²) in [5.41, 5.74) is 1.06. The van der Waals surface area contributed by atoms with Gasteiger partial charge >= 0.3 is 0 Å². The molecule has 2 nitrogen and oxygen atoms in total. The van der Waals surface area contributed by atoms with Crippen molar-refractivity contribution >= 4 is 17.3 Å². The molecule has 0 unspecified atom stereocenters. The van der Waals surface area contributed by atoms with Crippen LogP contribution in [0.1, 0.15) is 19.3 Å². The first kappa shape index (κ1) is 9.78. The Hall–Kier alpha value is -0.760. The van der Waals surface area contributed by atoms with Crippen molar-refractivity contribution in [3.05, 3.63) is 29.9 Å². The maximum Gasteiger partial charge on any atom is 0.0742 e. The minimum absolute atomic E-state index is 0.801. The van der Waals surface area contributed by atoms with E-state index in [2.05, 4.69) is 16.3 Å². The molecule has 1 aliphatic heterocycles. The van der Waals surface area contributed by atoms with Crippen LogP contribution in [0.25, 0.3) is 0 Å². The molecule has 0 N–H and O–H groups in total. The zero-order valence-corrected chi connectivity index (χ0v) is 8.87. The largest absolute Gasteiger partial charge is 0.369 e. The van der Waals surface area contributed by atoms with E-state index in [1.54, 1.807) is 6.20 Å². The van der Waals surface area contributed by atoms with Gasteiger partial charge in [0.1, 0.15) is 0 Å². The first-order chi connectivity index (χ1) is 6.88. The molecule has 3 heteroatoms. The van der Waals surface area contributed by atoms with Crippen molar-refractivity contribution in [3.8, 4) is 0 Å². The van der Waals surface area contributed by atoms with Crippen LogP contribution >= 0.6 is 11.6 Å². The van der Waals surface area contributed by atoms with Crippen molar-refractivity contribution in [2.45, 2.75) is 19.3 Å². The van der Waals surface area contributed by atoms with Crippen LogP contribution in [0.15, 0.2) is 18.5 Å². The van der Waals surface area contributed by atoms with E-state index < -0.39 is 0 Å². The number of nitrogens with zero attached hydrogens (tertiary/aromatic N) is 2. The third kappa shape index (κ3) is 2.18. The van der Waals surface area contributed by atoms with Gasteiger partial charge in [0.25, 0.3) is 0 Å². The summed E-state index contributed by atoms with van der Waals surface area (Å²) >= 11 is 6.12. The summed E-state index contributed by atoms with van der Waals surface area (Å²) in [5.74, 6) is 0. The summed E-state index contributed by atoms with van der Waals surface area (Å²) in [6.45, 7) is 2.08. The van der Waals surface area contributed by atoms with Crippen molar-refractivity contribution in [2.24, 2.45) is 0 Å². The van der Waals surface area contributed by atoms with Gasteiger partial charge in [0, 0.05) is 19.3 Å². The highest BCUT2D eigenvalue weighted by atomic mass is 35.5. The molecule has 14 heavy (non-hydrogen) atoms. The third-order valence-corrected chi connectivity index (χ3v) is 2.84. The van der Waals surface area contributed by atoms with E-state index in [0.717, 1.165) is 23.8 Å². The van der Waals surface area contributed by atoms with Gasteiger partial charge < -0.3 is 4.90 Å². The molecule has 1 aromatic rings. The lowest BCUT2D eigenvalue weighted by molar-refractivity contribution is 0.760. The monoisotopic (exact) mass is 209 g/mol.